The Morgan fingerprint density at radius 3 is 1.33 bits per heavy atom. The molecule has 1 N–H and O–H groups in total. The second-order valence-corrected chi connectivity index (χ2v) is 6.66. The number of aliphatic hydroxyl groups is 1. The molecule has 58 valence electrons. The topological polar surface area (TPSA) is 54.4 Å². The quantitative estimate of drug-likeness (QED) is 0.666. The van der Waals surface area contributed by atoms with Crippen molar-refractivity contribution >= 4 is 20.1 Å². The van der Waals surface area contributed by atoms with Crippen LogP contribution in [0.2, 0.25) is 0 Å². The Kier molecular flexibility index (Phi) is 7.49. The molecule has 6 heteroatoms. The first-order valence-electron chi connectivity index (χ1n) is 2.05. The number of hydrogen-bond donors (Lipinski definition) is 1. The zero-order chi connectivity index (χ0) is 8.08. The molecule has 0 aromatic rings. The van der Waals surface area contributed by atoms with Gasteiger partial charge in [0, 0.05) is 6.10 Å². The molecule has 3 nitrogen and oxygen atoms in total. The van der Waals surface area contributed by atoms with Crippen LogP contribution in [0.15, 0.2) is 0 Å². The summed E-state index contributed by atoms with van der Waals surface area (Å²) < 4.78 is 18.5. The van der Waals surface area contributed by atoms with Crippen molar-refractivity contribution in [1.29, 1.82) is 0 Å². The molecule has 0 saturated carbocycles. The molecule has 0 aliphatic carbocycles. The molecule has 0 heterocycles. The maximum absolute atomic E-state index is 9.24. The van der Waals surface area contributed by atoms with Gasteiger partial charge in [0.15, 0.2) is 0 Å². The first-order valence-corrected chi connectivity index (χ1v) is 6.60. The molecule has 0 unspecified atom stereocenters. The van der Waals surface area contributed by atoms with Crippen molar-refractivity contribution in [2.45, 2.75) is 20.0 Å². The third-order valence-corrected chi connectivity index (χ3v) is 0. The summed E-state index contributed by atoms with van der Waals surface area (Å²) in [4.78, 5) is 0. The van der Waals surface area contributed by atoms with Crippen LogP contribution in [0.1, 0.15) is 13.8 Å². The van der Waals surface area contributed by atoms with E-state index in [-0.39, 0.29) is 6.10 Å². The Morgan fingerprint density at radius 2 is 1.33 bits per heavy atom. The first-order chi connectivity index (χ1) is 3.73. The van der Waals surface area contributed by atoms with Gasteiger partial charge >= 0.3 is 38.8 Å². The standard InChI is InChI=1S/C3H8O.2ClH.Cr.2O/c1-3(2)4;;;;;/h3-4H,1-2H3;2*1H;;;/q;;;+2;;/p-2. The van der Waals surface area contributed by atoms with Crippen molar-refractivity contribution in [3.63, 3.8) is 0 Å². The van der Waals surface area contributed by atoms with Gasteiger partial charge in [0.05, 0.1) is 0 Å². The normalized spacial score (nSPS) is 10.4. The maximum atomic E-state index is 9.24. The summed E-state index contributed by atoms with van der Waals surface area (Å²) in [7, 11) is 8.68. The van der Waals surface area contributed by atoms with Crippen LogP contribution in [0.3, 0.4) is 0 Å². The van der Waals surface area contributed by atoms with Crippen LogP contribution in [0, 0.1) is 0 Å². The zero-order valence-electron chi connectivity index (χ0n) is 5.01. The Hall–Kier alpha value is 0.672. The average molecular weight is 215 g/mol. The summed E-state index contributed by atoms with van der Waals surface area (Å²) in [6, 6.07) is 0. The van der Waals surface area contributed by atoms with Gasteiger partial charge in [-0.2, -0.15) is 0 Å². The molecule has 0 aromatic carbocycles. The van der Waals surface area contributed by atoms with Crippen LogP contribution in [0.4, 0.5) is 0 Å². The fraction of sp³-hybridized carbons (Fsp3) is 1.00. The Labute approximate surface area is 64.1 Å². The SMILES string of the molecule is CC(C)O.[O]=[Cr](=[O])([Cl])[Cl]. The second-order valence-electron chi connectivity index (χ2n) is 1.47. The van der Waals surface area contributed by atoms with E-state index < -0.39 is 11.1 Å². The third kappa shape index (κ3) is 854. The molecule has 0 radical (unpaired) electrons. The minimum atomic E-state index is -4.31. The molecule has 0 saturated heterocycles. The fourth-order valence-electron chi connectivity index (χ4n) is 0. The Morgan fingerprint density at radius 1 is 1.33 bits per heavy atom. The molecular weight excluding hydrogens is 207 g/mol. The van der Waals surface area contributed by atoms with E-state index >= 15 is 0 Å². The van der Waals surface area contributed by atoms with Gasteiger partial charge in [0.2, 0.25) is 0 Å². The van der Waals surface area contributed by atoms with Crippen LogP contribution >= 0.6 is 20.1 Å². The zero-order valence-corrected chi connectivity index (χ0v) is 7.79. The van der Waals surface area contributed by atoms with Gasteiger partial charge in [-0.05, 0) is 13.8 Å². The van der Waals surface area contributed by atoms with Crippen molar-refractivity contribution < 1.29 is 23.8 Å². The van der Waals surface area contributed by atoms with E-state index in [2.05, 4.69) is 20.1 Å². The van der Waals surface area contributed by atoms with Crippen molar-refractivity contribution in [3.05, 3.63) is 0 Å². The van der Waals surface area contributed by atoms with Gasteiger partial charge in [-0.3, -0.25) is 0 Å². The Bertz CT molecular complexity index is 128. The second kappa shape index (κ2) is 5.46. The molecule has 0 aromatic heterocycles. The van der Waals surface area contributed by atoms with E-state index in [0.717, 1.165) is 0 Å². The number of aliphatic hydroxyl groups excluding tert-OH is 1. The monoisotopic (exact) mass is 214 g/mol. The minimum absolute atomic E-state index is 0.167. The summed E-state index contributed by atoms with van der Waals surface area (Å²) in [5.41, 5.74) is 0. The number of halogens is 2. The average Bonchev–Trinajstić information content (AvgIpc) is 1.19. The molecule has 0 fully saturated rings. The summed E-state index contributed by atoms with van der Waals surface area (Å²) in [5, 5.41) is 8.06. The molecule has 0 aliphatic heterocycles. The van der Waals surface area contributed by atoms with Gasteiger partial charge in [-0.15, -0.1) is 0 Å². The fourth-order valence-corrected chi connectivity index (χ4v) is 0. The summed E-state index contributed by atoms with van der Waals surface area (Å²) in [6.45, 7) is 3.44. The third-order valence-electron chi connectivity index (χ3n) is 0. The van der Waals surface area contributed by atoms with E-state index in [9.17, 15) is 7.61 Å². The van der Waals surface area contributed by atoms with Crippen LogP contribution in [-0.2, 0) is 18.7 Å². The van der Waals surface area contributed by atoms with Crippen LogP contribution in [0.5, 0.6) is 0 Å². The van der Waals surface area contributed by atoms with Gasteiger partial charge in [0.25, 0.3) is 0 Å². The number of rotatable bonds is 0. The summed E-state index contributed by atoms with van der Waals surface area (Å²) in [5.74, 6) is 0. The molecule has 9 heavy (non-hydrogen) atoms. The van der Waals surface area contributed by atoms with Crippen molar-refractivity contribution in [2.75, 3.05) is 0 Å². The van der Waals surface area contributed by atoms with Crippen LogP contribution in [0.25, 0.3) is 0 Å². The van der Waals surface area contributed by atoms with E-state index in [1.165, 1.54) is 0 Å². The summed E-state index contributed by atoms with van der Waals surface area (Å²) in [6.07, 6.45) is -0.167. The molecule has 0 rings (SSSR count). The predicted octanol–water partition coefficient (Wildman–Crippen LogP) is 1.53. The first kappa shape index (κ1) is 12.4. The van der Waals surface area contributed by atoms with Gasteiger partial charge < -0.3 is 5.11 Å². The number of hydrogen-bond acceptors (Lipinski definition) is 3. The van der Waals surface area contributed by atoms with Crippen molar-refractivity contribution in [2.24, 2.45) is 0 Å². The van der Waals surface area contributed by atoms with Crippen molar-refractivity contribution in [1.82, 2.24) is 0 Å². The van der Waals surface area contributed by atoms with E-state index in [1.54, 1.807) is 13.8 Å². The molecule has 0 spiro atoms. The van der Waals surface area contributed by atoms with Gasteiger partial charge in [0.1, 0.15) is 0 Å². The Balaban J connectivity index is 0. The molecule has 0 amide bonds. The van der Waals surface area contributed by atoms with Crippen molar-refractivity contribution in [3.8, 4) is 0 Å². The van der Waals surface area contributed by atoms with E-state index in [4.69, 9.17) is 5.11 Å². The van der Waals surface area contributed by atoms with Gasteiger partial charge in [-0.25, -0.2) is 0 Å². The molecule has 0 aliphatic rings. The molecule has 0 bridgehead atoms. The van der Waals surface area contributed by atoms with E-state index in [1.807, 2.05) is 0 Å². The molecular formula is C3H8Cl2CrO3. The van der Waals surface area contributed by atoms with Gasteiger partial charge in [-0.1, -0.05) is 0 Å². The van der Waals surface area contributed by atoms with Crippen LogP contribution < -0.4 is 0 Å². The van der Waals surface area contributed by atoms with E-state index in [0.29, 0.717) is 0 Å². The predicted molar refractivity (Wildman–Crippen MR) is 30.4 cm³/mol. The summed E-state index contributed by atoms with van der Waals surface area (Å²) >= 11 is -4.31. The molecule has 0 atom stereocenters. The van der Waals surface area contributed by atoms with Crippen LogP contribution in [-0.4, -0.2) is 11.2 Å².